The monoisotopic (exact) mass is 383 g/mol. The molecule has 0 aliphatic carbocycles. The number of nitrogens with zero attached hydrogens (tertiary/aromatic N) is 4. The molecule has 2 aromatic heterocycles. The van der Waals surface area contributed by atoms with E-state index in [2.05, 4.69) is 9.83 Å². The molecule has 0 atom stereocenters. The molecule has 142 valence electrons. The van der Waals surface area contributed by atoms with Crippen LogP contribution in [-0.2, 0) is 16.1 Å². The van der Waals surface area contributed by atoms with Gasteiger partial charge in [0.1, 0.15) is 18.2 Å². The minimum Gasteiger partial charge on any atom is -0.461 e. The molecule has 0 bridgehead atoms. The summed E-state index contributed by atoms with van der Waals surface area (Å²) in [5.74, 6) is 0.695. The zero-order valence-electron chi connectivity index (χ0n) is 15.7. The van der Waals surface area contributed by atoms with Gasteiger partial charge in [0.15, 0.2) is 5.69 Å². The second kappa shape index (κ2) is 7.44. The highest BCUT2D eigenvalue weighted by molar-refractivity contribution is 5.87. The van der Waals surface area contributed by atoms with Crippen molar-refractivity contribution in [3.05, 3.63) is 77.8 Å². The molecule has 29 heavy (non-hydrogen) atoms. The Morgan fingerprint density at radius 1 is 1.21 bits per heavy atom. The lowest BCUT2D eigenvalue weighted by molar-refractivity contribution is -0.142. The van der Waals surface area contributed by atoms with Gasteiger partial charge >= 0.3 is 5.97 Å². The van der Waals surface area contributed by atoms with Crippen LogP contribution < -0.4 is 5.73 Å². The summed E-state index contributed by atoms with van der Waals surface area (Å²) < 4.78 is 7.03. The van der Waals surface area contributed by atoms with Crippen molar-refractivity contribution < 1.29 is 9.53 Å². The highest BCUT2D eigenvalue weighted by Crippen LogP contribution is 2.32. The lowest BCUT2D eigenvalue weighted by Gasteiger charge is -2.11. The summed E-state index contributed by atoms with van der Waals surface area (Å²) >= 11 is 0. The molecule has 7 heteroatoms. The van der Waals surface area contributed by atoms with Gasteiger partial charge in [-0.25, -0.2) is 14.8 Å². The van der Waals surface area contributed by atoms with Crippen molar-refractivity contribution in [3.63, 3.8) is 0 Å². The highest BCUT2D eigenvalue weighted by Gasteiger charge is 2.17. The Kier molecular flexibility index (Phi) is 4.67. The predicted molar refractivity (Wildman–Crippen MR) is 110 cm³/mol. The molecule has 0 unspecified atom stereocenters. The van der Waals surface area contributed by atoms with Gasteiger partial charge in [-0.1, -0.05) is 18.2 Å². The van der Waals surface area contributed by atoms with Crippen molar-refractivity contribution in [1.82, 2.24) is 14.5 Å². The highest BCUT2D eigenvalue weighted by atomic mass is 16.5. The SMILES string of the molecule is [C-]#[N+]c1ccc2c(c1)nc(-c1cccnc1N)n2-c1ccc(COC(C)=O)cc1. The first-order valence-electron chi connectivity index (χ1n) is 8.90. The number of fused-ring (bicyclic) bond motifs is 1. The van der Waals surface area contributed by atoms with E-state index < -0.39 is 0 Å². The van der Waals surface area contributed by atoms with Gasteiger partial charge < -0.3 is 10.5 Å². The van der Waals surface area contributed by atoms with E-state index in [1.807, 2.05) is 47.0 Å². The van der Waals surface area contributed by atoms with E-state index in [0.717, 1.165) is 16.8 Å². The van der Waals surface area contributed by atoms with Gasteiger partial charge in [-0.05, 0) is 42.0 Å². The standard InChI is InChI=1S/C22H17N5O2/c1-14(28)29-13-15-5-8-17(9-6-15)27-20-10-7-16(24-2)12-19(20)26-22(27)18-4-3-11-25-21(18)23/h3-12H,13H2,1H3,(H2,23,25). The predicted octanol–water partition coefficient (Wildman–Crippen LogP) is 4.28. The van der Waals surface area contributed by atoms with E-state index in [1.165, 1.54) is 6.92 Å². The maximum absolute atomic E-state index is 11.0. The van der Waals surface area contributed by atoms with Crippen LogP contribution in [0.15, 0.2) is 60.8 Å². The summed E-state index contributed by atoms with van der Waals surface area (Å²) in [5.41, 5.74) is 10.6. The van der Waals surface area contributed by atoms with E-state index in [0.29, 0.717) is 28.4 Å². The van der Waals surface area contributed by atoms with Crippen molar-refractivity contribution in [3.8, 4) is 17.1 Å². The molecule has 0 spiro atoms. The molecule has 4 rings (SSSR count). The minimum absolute atomic E-state index is 0.219. The second-order valence-electron chi connectivity index (χ2n) is 6.44. The Labute approximate surface area is 167 Å². The largest absolute Gasteiger partial charge is 0.461 e. The number of rotatable bonds is 4. The van der Waals surface area contributed by atoms with E-state index in [-0.39, 0.29) is 12.6 Å². The van der Waals surface area contributed by atoms with Crippen molar-refractivity contribution in [2.75, 3.05) is 5.73 Å². The molecular formula is C22H17N5O2. The zero-order chi connectivity index (χ0) is 20.4. The van der Waals surface area contributed by atoms with Crippen molar-refractivity contribution in [1.29, 1.82) is 0 Å². The molecule has 2 aromatic carbocycles. The lowest BCUT2D eigenvalue weighted by Crippen LogP contribution is -2.02. The second-order valence-corrected chi connectivity index (χ2v) is 6.44. The summed E-state index contributed by atoms with van der Waals surface area (Å²) in [4.78, 5) is 23.4. The quantitative estimate of drug-likeness (QED) is 0.420. The topological polar surface area (TPSA) is 87.4 Å². The van der Waals surface area contributed by atoms with Gasteiger partial charge in [-0.2, -0.15) is 0 Å². The van der Waals surface area contributed by atoms with Gasteiger partial charge in [0, 0.05) is 18.8 Å². The van der Waals surface area contributed by atoms with Gasteiger partial charge in [-0.15, -0.1) is 0 Å². The van der Waals surface area contributed by atoms with Crippen LogP contribution >= 0.6 is 0 Å². The van der Waals surface area contributed by atoms with Crippen molar-refractivity contribution in [2.45, 2.75) is 13.5 Å². The van der Waals surface area contributed by atoms with Gasteiger partial charge in [0.05, 0.1) is 23.2 Å². The molecule has 0 saturated heterocycles. The number of hydrogen-bond acceptors (Lipinski definition) is 5. The minimum atomic E-state index is -0.320. The fourth-order valence-electron chi connectivity index (χ4n) is 3.11. The number of nitrogen functional groups attached to an aromatic ring is 1. The van der Waals surface area contributed by atoms with E-state index in [9.17, 15) is 4.79 Å². The summed E-state index contributed by atoms with van der Waals surface area (Å²) in [6, 6.07) is 16.7. The molecule has 7 nitrogen and oxygen atoms in total. The summed E-state index contributed by atoms with van der Waals surface area (Å²) in [6.07, 6.45) is 1.63. The molecule has 0 amide bonds. The normalized spacial score (nSPS) is 10.6. The Balaban J connectivity index is 1.88. The molecule has 0 saturated carbocycles. The number of aromatic nitrogens is 3. The van der Waals surface area contributed by atoms with Crippen LogP contribution in [0.3, 0.4) is 0 Å². The van der Waals surface area contributed by atoms with E-state index in [1.54, 1.807) is 18.3 Å². The number of carbonyl (C=O) groups excluding carboxylic acids is 1. The zero-order valence-corrected chi connectivity index (χ0v) is 15.7. The van der Waals surface area contributed by atoms with Crippen LogP contribution in [0.2, 0.25) is 0 Å². The van der Waals surface area contributed by atoms with Crippen LogP contribution in [0.4, 0.5) is 11.5 Å². The number of hydrogen-bond donors (Lipinski definition) is 1. The molecule has 0 aliphatic heterocycles. The Hall–Kier alpha value is -4.18. The number of ether oxygens (including phenoxy) is 1. The third-order valence-corrected chi connectivity index (χ3v) is 4.48. The van der Waals surface area contributed by atoms with Crippen molar-refractivity contribution >= 4 is 28.5 Å². The van der Waals surface area contributed by atoms with E-state index in [4.69, 9.17) is 22.0 Å². The third-order valence-electron chi connectivity index (χ3n) is 4.48. The molecule has 0 fully saturated rings. The van der Waals surface area contributed by atoms with Crippen LogP contribution in [0, 0.1) is 6.57 Å². The first-order chi connectivity index (χ1) is 14.1. The Bertz CT molecular complexity index is 1250. The number of pyridine rings is 1. The molecule has 2 N–H and O–H groups in total. The average Bonchev–Trinajstić information content (AvgIpc) is 3.11. The lowest BCUT2D eigenvalue weighted by atomic mass is 10.2. The van der Waals surface area contributed by atoms with Crippen LogP contribution in [0.5, 0.6) is 0 Å². The molecule has 4 aromatic rings. The van der Waals surface area contributed by atoms with Gasteiger partial charge in [-0.3, -0.25) is 9.36 Å². The fraction of sp³-hybridized carbons (Fsp3) is 0.0909. The smallest absolute Gasteiger partial charge is 0.302 e. The first-order valence-corrected chi connectivity index (χ1v) is 8.90. The van der Waals surface area contributed by atoms with Gasteiger partial charge in [0.25, 0.3) is 0 Å². The summed E-state index contributed by atoms with van der Waals surface area (Å²) in [6.45, 7) is 8.86. The Morgan fingerprint density at radius 3 is 2.69 bits per heavy atom. The fourth-order valence-corrected chi connectivity index (χ4v) is 3.11. The van der Waals surface area contributed by atoms with Gasteiger partial charge in [0.2, 0.25) is 0 Å². The molecule has 0 radical (unpaired) electrons. The Morgan fingerprint density at radius 2 is 2.00 bits per heavy atom. The third kappa shape index (κ3) is 3.51. The maximum atomic E-state index is 11.0. The summed E-state index contributed by atoms with van der Waals surface area (Å²) in [5, 5.41) is 0. The number of nitrogens with two attached hydrogens (primary N) is 1. The van der Waals surface area contributed by atoms with Crippen LogP contribution in [0.25, 0.3) is 33.0 Å². The number of carbonyl (C=O) groups is 1. The summed E-state index contributed by atoms with van der Waals surface area (Å²) in [7, 11) is 0. The number of esters is 1. The van der Waals surface area contributed by atoms with Crippen molar-refractivity contribution in [2.24, 2.45) is 0 Å². The van der Waals surface area contributed by atoms with Crippen LogP contribution in [-0.4, -0.2) is 20.5 Å². The maximum Gasteiger partial charge on any atom is 0.302 e. The van der Waals surface area contributed by atoms with E-state index >= 15 is 0 Å². The molecular weight excluding hydrogens is 366 g/mol. The molecule has 2 heterocycles. The average molecular weight is 383 g/mol. The first kappa shape index (κ1) is 18.2. The molecule has 0 aliphatic rings. The number of benzene rings is 2. The number of imidazole rings is 1. The number of anilines is 1. The van der Waals surface area contributed by atoms with Crippen LogP contribution in [0.1, 0.15) is 12.5 Å².